The summed E-state index contributed by atoms with van der Waals surface area (Å²) >= 11 is 11.9. The molecule has 3 heterocycles. The van der Waals surface area contributed by atoms with Crippen LogP contribution in [0.25, 0.3) is 5.69 Å². The van der Waals surface area contributed by atoms with E-state index in [1.807, 2.05) is 66.9 Å². The molecule has 8 heteroatoms. The Hall–Kier alpha value is -3.68. The number of hydrogen-bond acceptors (Lipinski definition) is 4. The Kier molecular flexibility index (Phi) is 6.04. The largest absolute Gasteiger partial charge is 0.465 e. The van der Waals surface area contributed by atoms with Crippen LogP contribution in [0.2, 0.25) is 5.02 Å². The fourth-order valence-electron chi connectivity index (χ4n) is 4.28. The molecule has 0 unspecified atom stereocenters. The highest BCUT2D eigenvalue weighted by atomic mass is 35.5. The van der Waals surface area contributed by atoms with Gasteiger partial charge in [0, 0.05) is 34.5 Å². The van der Waals surface area contributed by atoms with Gasteiger partial charge in [-0.05, 0) is 85.0 Å². The van der Waals surface area contributed by atoms with Crippen LogP contribution >= 0.6 is 23.8 Å². The number of esters is 1. The number of carbonyl (C=O) groups is 1. The van der Waals surface area contributed by atoms with Crippen molar-refractivity contribution in [1.82, 2.24) is 14.9 Å². The van der Waals surface area contributed by atoms with Crippen molar-refractivity contribution in [3.05, 3.63) is 113 Å². The number of rotatable bonds is 5. The van der Waals surface area contributed by atoms with Crippen molar-refractivity contribution in [3.63, 3.8) is 0 Å². The summed E-state index contributed by atoms with van der Waals surface area (Å²) in [6.07, 6.45) is 3.78. The summed E-state index contributed by atoms with van der Waals surface area (Å²) < 4.78 is 6.92. The second-order valence-electron chi connectivity index (χ2n) is 7.81. The molecule has 0 amide bonds. The molecule has 170 valence electrons. The van der Waals surface area contributed by atoms with Gasteiger partial charge >= 0.3 is 5.97 Å². The quantitative estimate of drug-likeness (QED) is 0.296. The Morgan fingerprint density at radius 2 is 1.74 bits per heavy atom. The first-order valence-electron chi connectivity index (χ1n) is 10.7. The highest BCUT2D eigenvalue weighted by molar-refractivity contribution is 7.80. The van der Waals surface area contributed by atoms with Crippen LogP contribution in [-0.4, -0.2) is 27.7 Å². The molecule has 4 aromatic rings. The van der Waals surface area contributed by atoms with Gasteiger partial charge in [0.05, 0.1) is 24.4 Å². The topological polar surface area (TPSA) is 59.4 Å². The van der Waals surface area contributed by atoms with E-state index in [1.165, 1.54) is 7.11 Å². The van der Waals surface area contributed by atoms with Crippen LogP contribution in [-0.2, 0) is 4.74 Å². The maximum Gasteiger partial charge on any atom is 0.337 e. The van der Waals surface area contributed by atoms with Crippen LogP contribution in [0, 0.1) is 0 Å². The zero-order valence-electron chi connectivity index (χ0n) is 18.3. The number of nitrogens with one attached hydrogen (secondary N) is 1. The van der Waals surface area contributed by atoms with Gasteiger partial charge in [0.25, 0.3) is 0 Å². The third kappa shape index (κ3) is 4.04. The van der Waals surface area contributed by atoms with Crippen LogP contribution in [0.1, 0.15) is 33.8 Å². The fraction of sp³-hybridized carbons (Fsp3) is 0.115. The molecule has 1 saturated heterocycles. The van der Waals surface area contributed by atoms with Crippen LogP contribution < -0.4 is 10.2 Å². The minimum Gasteiger partial charge on any atom is -0.465 e. The zero-order chi connectivity index (χ0) is 23.7. The van der Waals surface area contributed by atoms with Crippen molar-refractivity contribution in [2.45, 2.75) is 12.1 Å². The van der Waals surface area contributed by atoms with Crippen LogP contribution in [0.4, 0.5) is 5.69 Å². The average molecular weight is 489 g/mol. The van der Waals surface area contributed by atoms with Gasteiger partial charge in [-0.2, -0.15) is 0 Å². The van der Waals surface area contributed by atoms with E-state index in [1.54, 1.807) is 18.3 Å². The fourth-order valence-corrected chi connectivity index (χ4v) is 4.75. The Morgan fingerprint density at radius 1 is 1.00 bits per heavy atom. The minimum atomic E-state index is -0.367. The number of pyridine rings is 1. The maximum absolute atomic E-state index is 11.9. The number of thiocarbonyl (C=S) groups is 1. The summed E-state index contributed by atoms with van der Waals surface area (Å²) in [4.78, 5) is 18.6. The molecule has 6 nitrogen and oxygen atoms in total. The number of nitrogens with zero attached hydrogens (tertiary/aromatic N) is 3. The van der Waals surface area contributed by atoms with Gasteiger partial charge in [-0.1, -0.05) is 17.7 Å². The molecule has 2 aromatic carbocycles. The van der Waals surface area contributed by atoms with E-state index in [2.05, 4.69) is 25.8 Å². The highest BCUT2D eigenvalue weighted by Crippen LogP contribution is 2.42. The Labute approximate surface area is 207 Å². The predicted octanol–water partition coefficient (Wildman–Crippen LogP) is 5.49. The normalized spacial score (nSPS) is 17.5. The second-order valence-corrected chi connectivity index (χ2v) is 8.64. The third-order valence-corrected chi connectivity index (χ3v) is 6.42. The molecule has 2 aromatic heterocycles. The van der Waals surface area contributed by atoms with Gasteiger partial charge in [0.2, 0.25) is 0 Å². The van der Waals surface area contributed by atoms with Gasteiger partial charge in [-0.15, -0.1) is 0 Å². The number of ether oxygens (including phenoxy) is 1. The third-order valence-electron chi connectivity index (χ3n) is 5.85. The zero-order valence-corrected chi connectivity index (χ0v) is 19.8. The molecule has 0 bridgehead atoms. The van der Waals surface area contributed by atoms with Gasteiger partial charge in [-0.25, -0.2) is 4.79 Å². The molecule has 0 spiro atoms. The Bertz CT molecular complexity index is 1320. The monoisotopic (exact) mass is 488 g/mol. The van der Waals surface area contributed by atoms with Gasteiger partial charge < -0.3 is 19.5 Å². The lowest BCUT2D eigenvalue weighted by atomic mass is 10.0. The molecular weight excluding hydrogens is 468 g/mol. The van der Waals surface area contributed by atoms with E-state index >= 15 is 0 Å². The summed E-state index contributed by atoms with van der Waals surface area (Å²) in [5.74, 6) is -0.367. The van der Waals surface area contributed by atoms with Crippen molar-refractivity contribution < 1.29 is 9.53 Å². The first-order chi connectivity index (χ1) is 16.6. The second kappa shape index (κ2) is 9.29. The molecule has 5 rings (SSSR count). The predicted molar refractivity (Wildman–Crippen MR) is 136 cm³/mol. The number of hydrogen-bond donors (Lipinski definition) is 1. The molecule has 1 N–H and O–H groups in total. The Morgan fingerprint density at radius 3 is 2.41 bits per heavy atom. The van der Waals surface area contributed by atoms with E-state index in [-0.39, 0.29) is 18.1 Å². The lowest BCUT2D eigenvalue weighted by molar-refractivity contribution is 0.0600. The summed E-state index contributed by atoms with van der Waals surface area (Å²) in [5.41, 5.74) is 4.25. The number of benzene rings is 2. The Balaban J connectivity index is 1.61. The van der Waals surface area contributed by atoms with Crippen LogP contribution in [0.5, 0.6) is 0 Å². The van der Waals surface area contributed by atoms with Crippen molar-refractivity contribution in [1.29, 1.82) is 0 Å². The number of anilines is 1. The van der Waals surface area contributed by atoms with Crippen molar-refractivity contribution >= 4 is 40.6 Å². The summed E-state index contributed by atoms with van der Waals surface area (Å²) in [6, 6.07) is 24.5. The van der Waals surface area contributed by atoms with Crippen LogP contribution in [0.15, 0.2) is 91.3 Å². The molecule has 1 fully saturated rings. The summed E-state index contributed by atoms with van der Waals surface area (Å²) in [7, 11) is 1.37. The van der Waals surface area contributed by atoms with Crippen molar-refractivity contribution in [2.24, 2.45) is 0 Å². The highest BCUT2D eigenvalue weighted by Gasteiger charge is 2.42. The first kappa shape index (κ1) is 22.1. The van der Waals surface area contributed by atoms with E-state index in [4.69, 9.17) is 28.6 Å². The SMILES string of the molecule is COC(=O)c1ccc(-n2cccc2[C@@H]2[C@H](c3ccccn3)NC(=S)N2c2ccc(Cl)cc2)cc1. The number of aromatic nitrogens is 2. The van der Waals surface area contributed by atoms with Gasteiger partial charge in [0.1, 0.15) is 6.04 Å². The van der Waals surface area contributed by atoms with E-state index in [0.717, 1.165) is 22.8 Å². The van der Waals surface area contributed by atoms with Crippen LogP contribution in [0.3, 0.4) is 0 Å². The van der Waals surface area contributed by atoms with E-state index < -0.39 is 0 Å². The molecular formula is C26H21ClN4O2S. The van der Waals surface area contributed by atoms with E-state index in [9.17, 15) is 4.79 Å². The molecule has 0 saturated carbocycles. The van der Waals surface area contributed by atoms with Crippen molar-refractivity contribution in [2.75, 3.05) is 12.0 Å². The summed E-state index contributed by atoms with van der Waals surface area (Å²) in [6.45, 7) is 0. The number of carbonyl (C=O) groups excluding carboxylic acids is 1. The van der Waals surface area contributed by atoms with Gasteiger partial charge in [0.15, 0.2) is 5.11 Å². The first-order valence-corrected chi connectivity index (χ1v) is 11.5. The van der Waals surface area contributed by atoms with Gasteiger partial charge in [-0.3, -0.25) is 4.98 Å². The molecule has 0 radical (unpaired) electrons. The van der Waals surface area contributed by atoms with Crippen molar-refractivity contribution in [3.8, 4) is 5.69 Å². The number of halogens is 1. The minimum absolute atomic E-state index is 0.174. The molecule has 1 aliphatic heterocycles. The lowest BCUT2D eigenvalue weighted by Gasteiger charge is -2.29. The van der Waals surface area contributed by atoms with E-state index in [0.29, 0.717) is 15.7 Å². The lowest BCUT2D eigenvalue weighted by Crippen LogP contribution is -2.30. The number of methoxy groups -OCH3 is 1. The molecule has 2 atom stereocenters. The maximum atomic E-state index is 11.9. The smallest absolute Gasteiger partial charge is 0.337 e. The summed E-state index contributed by atoms with van der Waals surface area (Å²) in [5, 5.41) is 4.74. The average Bonchev–Trinajstić information content (AvgIpc) is 3.49. The standard InChI is InChI=1S/C26H21ClN4O2S/c1-33-25(32)17-7-11-19(12-8-17)30-16-4-6-22(30)24-23(21-5-2-3-15-28-21)29-26(34)31(24)20-13-9-18(27)10-14-20/h2-16,23-24H,1H3,(H,29,34)/t23-,24+/m0/s1. The molecule has 0 aliphatic carbocycles. The molecule has 1 aliphatic rings. The molecule has 34 heavy (non-hydrogen) atoms.